The predicted molar refractivity (Wildman–Crippen MR) is 108 cm³/mol. The molecule has 0 amide bonds. The highest BCUT2D eigenvalue weighted by molar-refractivity contribution is 6.31. The molecule has 0 bridgehead atoms. The predicted octanol–water partition coefficient (Wildman–Crippen LogP) is 4.06. The van der Waals surface area contributed by atoms with E-state index in [1.165, 1.54) is 16.7 Å². The van der Waals surface area contributed by atoms with Crippen LogP contribution in [-0.4, -0.2) is 54.1 Å². The monoisotopic (exact) mass is 384 g/mol. The second-order valence-corrected chi connectivity index (χ2v) is 8.29. The standard InChI is InChI=1S/C22H25ClN2O2/c1-24(2)20-13-25(19-11-10-15-4-3-5-18(23)21(15)19)12-17(20)14-6-8-16(9-7-14)22(26)27/h3-9,17,19-20H,10-13H2,1-2H3,(H,26,27)/t17-,19?,20+/m1/s1. The van der Waals surface area contributed by atoms with E-state index in [0.717, 1.165) is 31.0 Å². The quantitative estimate of drug-likeness (QED) is 0.863. The van der Waals surface area contributed by atoms with Crippen LogP contribution in [-0.2, 0) is 6.42 Å². The molecule has 1 unspecified atom stereocenters. The van der Waals surface area contributed by atoms with Crippen molar-refractivity contribution in [2.45, 2.75) is 30.8 Å². The minimum absolute atomic E-state index is 0.339. The molecular weight excluding hydrogens is 360 g/mol. The third kappa shape index (κ3) is 3.38. The lowest BCUT2D eigenvalue weighted by molar-refractivity contribution is 0.0697. The molecule has 1 heterocycles. The van der Waals surface area contributed by atoms with Crippen LogP contribution in [0.2, 0.25) is 5.02 Å². The highest BCUT2D eigenvalue weighted by atomic mass is 35.5. The number of fused-ring (bicyclic) bond motifs is 1. The lowest BCUT2D eigenvalue weighted by Crippen LogP contribution is -2.35. The van der Waals surface area contributed by atoms with Crippen molar-refractivity contribution in [3.63, 3.8) is 0 Å². The average Bonchev–Trinajstić information content (AvgIpc) is 3.26. The number of likely N-dealkylation sites (N-methyl/N-ethyl adjacent to an activating group) is 1. The molecule has 1 N–H and O–H groups in total. The number of nitrogens with zero attached hydrogens (tertiary/aromatic N) is 2. The van der Waals surface area contributed by atoms with Gasteiger partial charge in [-0.3, -0.25) is 4.90 Å². The maximum atomic E-state index is 11.2. The first-order chi connectivity index (χ1) is 13.0. The lowest BCUT2D eigenvalue weighted by Gasteiger charge is -2.27. The van der Waals surface area contributed by atoms with E-state index < -0.39 is 5.97 Å². The van der Waals surface area contributed by atoms with Gasteiger partial charge in [0.15, 0.2) is 0 Å². The molecule has 2 aromatic rings. The molecule has 142 valence electrons. The first-order valence-electron chi connectivity index (χ1n) is 9.46. The van der Waals surface area contributed by atoms with Crippen molar-refractivity contribution in [1.82, 2.24) is 9.80 Å². The smallest absolute Gasteiger partial charge is 0.335 e. The molecule has 1 aliphatic carbocycles. The van der Waals surface area contributed by atoms with Gasteiger partial charge in [0.2, 0.25) is 0 Å². The number of halogens is 1. The van der Waals surface area contributed by atoms with Gasteiger partial charge in [-0.15, -0.1) is 0 Å². The van der Waals surface area contributed by atoms with Gasteiger partial charge in [-0.1, -0.05) is 35.9 Å². The SMILES string of the molecule is CN(C)[C@H]1CN(C2CCc3cccc(Cl)c32)C[C@@H]1c1ccc(C(=O)O)cc1. The Labute approximate surface area is 165 Å². The van der Waals surface area contributed by atoms with Gasteiger partial charge in [-0.25, -0.2) is 4.79 Å². The Morgan fingerprint density at radius 1 is 1.15 bits per heavy atom. The number of likely N-dealkylation sites (tertiary alicyclic amines) is 1. The van der Waals surface area contributed by atoms with Crippen LogP contribution in [0.4, 0.5) is 0 Å². The number of hydrogen-bond donors (Lipinski definition) is 1. The summed E-state index contributed by atoms with van der Waals surface area (Å²) in [6, 6.07) is 14.4. The van der Waals surface area contributed by atoms with Crippen LogP contribution in [0.25, 0.3) is 0 Å². The van der Waals surface area contributed by atoms with Crippen LogP contribution in [0.5, 0.6) is 0 Å². The number of aromatic carboxylic acids is 1. The van der Waals surface area contributed by atoms with E-state index in [0.29, 0.717) is 23.6 Å². The van der Waals surface area contributed by atoms with Gasteiger partial charge in [0.1, 0.15) is 0 Å². The molecule has 0 radical (unpaired) electrons. The zero-order chi connectivity index (χ0) is 19.1. The topological polar surface area (TPSA) is 43.8 Å². The van der Waals surface area contributed by atoms with Gasteiger partial charge >= 0.3 is 5.97 Å². The molecule has 1 aliphatic heterocycles. The fraction of sp³-hybridized carbons (Fsp3) is 0.409. The van der Waals surface area contributed by atoms with Gasteiger partial charge in [0.05, 0.1) is 5.56 Å². The van der Waals surface area contributed by atoms with Crippen LogP contribution in [0.3, 0.4) is 0 Å². The van der Waals surface area contributed by atoms with Crippen molar-refractivity contribution >= 4 is 17.6 Å². The zero-order valence-corrected chi connectivity index (χ0v) is 16.5. The van der Waals surface area contributed by atoms with E-state index in [2.05, 4.69) is 30.0 Å². The van der Waals surface area contributed by atoms with E-state index in [9.17, 15) is 4.79 Å². The molecule has 2 aliphatic rings. The molecule has 3 atom stereocenters. The van der Waals surface area contributed by atoms with Gasteiger partial charge in [-0.05, 0) is 61.8 Å². The van der Waals surface area contributed by atoms with Crippen molar-refractivity contribution in [3.8, 4) is 0 Å². The third-order valence-electron chi connectivity index (χ3n) is 6.17. The maximum absolute atomic E-state index is 11.2. The number of rotatable bonds is 4. The summed E-state index contributed by atoms with van der Waals surface area (Å²) in [5.41, 5.74) is 4.23. The molecule has 1 saturated heterocycles. The summed E-state index contributed by atoms with van der Waals surface area (Å²) in [5.74, 6) is -0.523. The summed E-state index contributed by atoms with van der Waals surface area (Å²) in [6.45, 7) is 1.96. The fourth-order valence-corrected chi connectivity index (χ4v) is 5.09. The highest BCUT2D eigenvalue weighted by Gasteiger charge is 2.40. The first kappa shape index (κ1) is 18.5. The van der Waals surface area contributed by atoms with Gasteiger partial charge in [-0.2, -0.15) is 0 Å². The summed E-state index contributed by atoms with van der Waals surface area (Å²) in [6.07, 6.45) is 2.20. The minimum atomic E-state index is -0.879. The van der Waals surface area contributed by atoms with Crippen molar-refractivity contribution in [3.05, 3.63) is 69.7 Å². The fourth-order valence-electron chi connectivity index (χ4n) is 4.77. The maximum Gasteiger partial charge on any atom is 0.335 e. The van der Waals surface area contributed by atoms with Crippen LogP contribution in [0, 0.1) is 0 Å². The summed E-state index contributed by atoms with van der Waals surface area (Å²) in [7, 11) is 4.25. The van der Waals surface area contributed by atoms with Crippen LogP contribution < -0.4 is 0 Å². The average molecular weight is 385 g/mol. The number of carbonyl (C=O) groups is 1. The number of aryl methyl sites for hydroxylation is 1. The Kier molecular flexibility index (Phi) is 4.97. The molecule has 27 heavy (non-hydrogen) atoms. The van der Waals surface area contributed by atoms with E-state index >= 15 is 0 Å². The second-order valence-electron chi connectivity index (χ2n) is 7.89. The van der Waals surface area contributed by atoms with E-state index in [4.69, 9.17) is 16.7 Å². The molecule has 1 fully saturated rings. The highest BCUT2D eigenvalue weighted by Crippen LogP contribution is 2.44. The van der Waals surface area contributed by atoms with Gasteiger partial charge < -0.3 is 10.0 Å². The summed E-state index contributed by atoms with van der Waals surface area (Å²) >= 11 is 6.55. The van der Waals surface area contributed by atoms with Gasteiger partial charge in [0.25, 0.3) is 0 Å². The van der Waals surface area contributed by atoms with Crippen molar-refractivity contribution in [2.75, 3.05) is 27.2 Å². The van der Waals surface area contributed by atoms with Crippen LogP contribution >= 0.6 is 11.6 Å². The first-order valence-corrected chi connectivity index (χ1v) is 9.84. The lowest BCUT2D eigenvalue weighted by atomic mass is 9.93. The summed E-state index contributed by atoms with van der Waals surface area (Å²) in [4.78, 5) is 16.0. The Balaban J connectivity index is 1.61. The van der Waals surface area contributed by atoms with E-state index in [-0.39, 0.29) is 0 Å². The van der Waals surface area contributed by atoms with Crippen LogP contribution in [0.1, 0.15) is 45.4 Å². The molecule has 0 spiro atoms. The van der Waals surface area contributed by atoms with E-state index in [1.54, 1.807) is 12.1 Å². The van der Waals surface area contributed by atoms with Crippen molar-refractivity contribution in [1.29, 1.82) is 0 Å². The van der Waals surface area contributed by atoms with Crippen molar-refractivity contribution < 1.29 is 9.90 Å². The molecule has 2 aromatic carbocycles. The van der Waals surface area contributed by atoms with Crippen LogP contribution in [0.15, 0.2) is 42.5 Å². The summed E-state index contributed by atoms with van der Waals surface area (Å²) in [5, 5.41) is 10.0. The molecule has 0 saturated carbocycles. The molecule has 0 aromatic heterocycles. The Bertz CT molecular complexity index is 850. The number of carboxylic acids is 1. The summed E-state index contributed by atoms with van der Waals surface area (Å²) < 4.78 is 0. The molecule has 4 rings (SSSR count). The Morgan fingerprint density at radius 2 is 1.89 bits per heavy atom. The number of benzene rings is 2. The third-order valence-corrected chi connectivity index (χ3v) is 6.50. The minimum Gasteiger partial charge on any atom is -0.478 e. The molecular formula is C22H25ClN2O2. The second kappa shape index (κ2) is 7.27. The number of hydrogen-bond acceptors (Lipinski definition) is 3. The zero-order valence-electron chi connectivity index (χ0n) is 15.7. The van der Waals surface area contributed by atoms with Crippen molar-refractivity contribution in [2.24, 2.45) is 0 Å². The molecule has 5 heteroatoms. The Hall–Kier alpha value is -1.88. The molecule has 4 nitrogen and oxygen atoms in total. The number of carboxylic acid groups (broad SMARTS) is 1. The normalized spacial score (nSPS) is 25.1. The largest absolute Gasteiger partial charge is 0.478 e. The Morgan fingerprint density at radius 3 is 2.56 bits per heavy atom. The van der Waals surface area contributed by atoms with E-state index in [1.807, 2.05) is 24.3 Å². The van der Waals surface area contributed by atoms with Gasteiger partial charge in [0, 0.05) is 36.1 Å².